The van der Waals surface area contributed by atoms with Crippen LogP contribution in [0.4, 0.5) is 26.3 Å². The van der Waals surface area contributed by atoms with E-state index in [0.717, 1.165) is 28.6 Å². The van der Waals surface area contributed by atoms with E-state index in [0.29, 0.717) is 17.8 Å². The fourth-order valence-electron chi connectivity index (χ4n) is 3.97. The van der Waals surface area contributed by atoms with E-state index < -0.39 is 29.2 Å². The molecule has 2 heterocycles. The van der Waals surface area contributed by atoms with Crippen molar-refractivity contribution in [3.8, 4) is 0 Å². The number of nitrogens with one attached hydrogen (secondary N) is 2. The quantitative estimate of drug-likeness (QED) is 0.369. The highest BCUT2D eigenvalue weighted by atomic mass is 19.4. The molecule has 0 aliphatic carbocycles. The number of aromatic nitrogens is 3. The number of hydrogen-bond donors (Lipinski definition) is 2. The average molecular weight is 467 g/mol. The third kappa shape index (κ3) is 4.69. The van der Waals surface area contributed by atoms with Crippen LogP contribution in [0.15, 0.2) is 53.5 Å². The van der Waals surface area contributed by atoms with Gasteiger partial charge in [-0.2, -0.15) is 26.3 Å². The van der Waals surface area contributed by atoms with Crippen LogP contribution in [-0.2, 0) is 38.7 Å². The minimum atomic E-state index is -4.91. The molecular weight excluding hydrogens is 448 g/mol. The molecule has 0 fully saturated rings. The number of hydrogen-bond acceptors (Lipinski definition) is 1. The minimum absolute atomic E-state index is 0.0888. The Kier molecular flexibility index (Phi) is 5.63. The molecule has 4 rings (SSSR count). The van der Waals surface area contributed by atoms with Crippen LogP contribution in [0.5, 0.6) is 0 Å². The topological polar surface area (TPSA) is 53.6 Å². The number of H-pyrrole nitrogens is 2. The lowest BCUT2D eigenvalue weighted by Gasteiger charge is -2.14. The number of nitrogens with zero attached hydrogens (tertiary/aromatic N) is 1. The second kappa shape index (κ2) is 8.17. The standard InChI is InChI=1S/C23H19F6N3O/c1-32-20(7-6-13-8-15(22(24,25)26)11-16(9-13)23(27,28)29)19(31-21(32)33)10-14-12-30-18-5-3-2-4-17(14)18/h2-5,8-9,11-12,30H,6-7,10H2,1H3,(H,31,33). The number of rotatable bonds is 5. The number of benzene rings is 2. The second-order valence-electron chi connectivity index (χ2n) is 7.86. The van der Waals surface area contributed by atoms with Crippen LogP contribution in [0, 0.1) is 0 Å². The summed E-state index contributed by atoms with van der Waals surface area (Å²) in [5.41, 5.74) is -0.304. The molecule has 2 aromatic carbocycles. The molecule has 0 spiro atoms. The Morgan fingerprint density at radius 2 is 1.55 bits per heavy atom. The van der Waals surface area contributed by atoms with Gasteiger partial charge in [0.25, 0.3) is 0 Å². The van der Waals surface area contributed by atoms with Gasteiger partial charge >= 0.3 is 18.0 Å². The van der Waals surface area contributed by atoms with E-state index in [4.69, 9.17) is 0 Å². The summed E-state index contributed by atoms with van der Waals surface area (Å²) in [4.78, 5) is 18.1. The first-order valence-corrected chi connectivity index (χ1v) is 10.0. The van der Waals surface area contributed by atoms with E-state index in [-0.39, 0.29) is 24.5 Å². The molecule has 0 aliphatic rings. The Bertz CT molecular complexity index is 1330. The fraction of sp³-hybridized carbons (Fsp3) is 0.261. The van der Waals surface area contributed by atoms with Crippen molar-refractivity contribution in [2.45, 2.75) is 31.6 Å². The Hall–Kier alpha value is -3.43. The van der Waals surface area contributed by atoms with Crippen LogP contribution >= 0.6 is 0 Å². The molecular formula is C23H19F6N3O. The zero-order valence-electron chi connectivity index (χ0n) is 17.4. The zero-order chi connectivity index (χ0) is 24.0. The van der Waals surface area contributed by atoms with Crippen LogP contribution in [0.1, 0.15) is 33.6 Å². The van der Waals surface area contributed by atoms with Crippen molar-refractivity contribution in [1.29, 1.82) is 0 Å². The largest absolute Gasteiger partial charge is 0.416 e. The van der Waals surface area contributed by atoms with E-state index in [1.807, 2.05) is 30.5 Å². The highest BCUT2D eigenvalue weighted by molar-refractivity contribution is 5.83. The Morgan fingerprint density at radius 3 is 2.18 bits per heavy atom. The van der Waals surface area contributed by atoms with Gasteiger partial charge in [0.15, 0.2) is 0 Å². The van der Waals surface area contributed by atoms with E-state index in [2.05, 4.69) is 9.97 Å². The molecule has 0 radical (unpaired) electrons. The van der Waals surface area contributed by atoms with Gasteiger partial charge in [-0.3, -0.25) is 4.57 Å². The van der Waals surface area contributed by atoms with Gasteiger partial charge in [-0.25, -0.2) is 4.79 Å². The van der Waals surface area contributed by atoms with E-state index in [1.54, 1.807) is 0 Å². The maximum Gasteiger partial charge on any atom is 0.416 e. The third-order valence-electron chi connectivity index (χ3n) is 5.66. The highest BCUT2D eigenvalue weighted by Crippen LogP contribution is 2.36. The van der Waals surface area contributed by atoms with Crippen molar-refractivity contribution in [2.24, 2.45) is 7.05 Å². The van der Waals surface area contributed by atoms with Crippen molar-refractivity contribution in [3.63, 3.8) is 0 Å². The van der Waals surface area contributed by atoms with Crippen LogP contribution in [0.25, 0.3) is 10.9 Å². The Labute approximate surface area is 183 Å². The first-order chi connectivity index (χ1) is 15.4. The average Bonchev–Trinajstić information content (AvgIpc) is 3.26. The van der Waals surface area contributed by atoms with E-state index in [1.165, 1.54) is 11.6 Å². The Balaban J connectivity index is 1.65. The lowest BCUT2D eigenvalue weighted by molar-refractivity contribution is -0.143. The second-order valence-corrected chi connectivity index (χ2v) is 7.86. The molecule has 0 atom stereocenters. The summed E-state index contributed by atoms with van der Waals surface area (Å²) in [6.45, 7) is 0. The minimum Gasteiger partial charge on any atom is -0.361 e. The molecule has 2 N–H and O–H groups in total. The lowest BCUT2D eigenvalue weighted by atomic mass is 9.99. The van der Waals surface area contributed by atoms with Gasteiger partial charge in [0.05, 0.1) is 11.1 Å². The van der Waals surface area contributed by atoms with Crippen molar-refractivity contribution < 1.29 is 26.3 Å². The maximum atomic E-state index is 13.1. The van der Waals surface area contributed by atoms with Crippen LogP contribution in [0.2, 0.25) is 0 Å². The van der Waals surface area contributed by atoms with E-state index >= 15 is 0 Å². The van der Waals surface area contributed by atoms with Crippen molar-refractivity contribution in [1.82, 2.24) is 14.5 Å². The van der Waals surface area contributed by atoms with Gasteiger partial charge in [-0.05, 0) is 48.2 Å². The fourth-order valence-corrected chi connectivity index (χ4v) is 3.97. The van der Waals surface area contributed by atoms with Gasteiger partial charge in [0, 0.05) is 42.0 Å². The summed E-state index contributed by atoms with van der Waals surface area (Å²) in [5, 5.41) is 0.959. The van der Waals surface area contributed by atoms with Crippen molar-refractivity contribution >= 4 is 10.9 Å². The highest BCUT2D eigenvalue weighted by Gasteiger charge is 2.36. The maximum absolute atomic E-state index is 13.1. The SMILES string of the molecule is Cn1c(CCc2cc(C(F)(F)F)cc(C(F)(F)F)c2)c(Cc2c[nH]c3ccccc23)[nH]c1=O. The van der Waals surface area contributed by atoms with Gasteiger partial charge < -0.3 is 9.97 Å². The number of halogens is 6. The third-order valence-corrected chi connectivity index (χ3v) is 5.66. The summed E-state index contributed by atoms with van der Waals surface area (Å²) < 4.78 is 80.2. The number of alkyl halides is 6. The number of aromatic amines is 2. The number of imidazole rings is 1. The Morgan fingerprint density at radius 1 is 0.909 bits per heavy atom. The summed E-state index contributed by atoms with van der Waals surface area (Å²) in [6.07, 6.45) is -7.66. The summed E-state index contributed by atoms with van der Waals surface area (Å²) in [7, 11) is 1.51. The first-order valence-electron chi connectivity index (χ1n) is 10.0. The van der Waals surface area contributed by atoms with Crippen LogP contribution in [0.3, 0.4) is 0 Å². The van der Waals surface area contributed by atoms with Crippen LogP contribution < -0.4 is 5.69 Å². The molecule has 0 bridgehead atoms. The van der Waals surface area contributed by atoms with Crippen molar-refractivity contribution in [2.75, 3.05) is 0 Å². The smallest absolute Gasteiger partial charge is 0.361 e. The normalized spacial score (nSPS) is 12.6. The molecule has 4 nitrogen and oxygen atoms in total. The molecule has 0 unspecified atom stereocenters. The molecule has 2 aromatic heterocycles. The predicted molar refractivity (Wildman–Crippen MR) is 111 cm³/mol. The molecule has 33 heavy (non-hydrogen) atoms. The summed E-state index contributed by atoms with van der Waals surface area (Å²) in [5.74, 6) is 0. The predicted octanol–water partition coefficient (Wildman–Crippen LogP) is 5.61. The zero-order valence-corrected chi connectivity index (χ0v) is 17.4. The lowest BCUT2D eigenvalue weighted by Crippen LogP contribution is -2.15. The summed E-state index contributed by atoms with van der Waals surface area (Å²) >= 11 is 0. The molecule has 174 valence electrons. The number of para-hydroxylation sites is 1. The van der Waals surface area contributed by atoms with Gasteiger partial charge in [-0.15, -0.1) is 0 Å². The molecule has 4 aromatic rings. The molecule has 0 aliphatic heterocycles. The van der Waals surface area contributed by atoms with Gasteiger partial charge in [-0.1, -0.05) is 18.2 Å². The molecule has 0 saturated heterocycles. The molecule has 0 amide bonds. The van der Waals surface area contributed by atoms with Crippen LogP contribution in [-0.4, -0.2) is 14.5 Å². The number of fused-ring (bicyclic) bond motifs is 1. The molecule has 10 heteroatoms. The van der Waals surface area contributed by atoms with Gasteiger partial charge in [0.2, 0.25) is 0 Å². The molecule has 0 saturated carbocycles. The summed E-state index contributed by atoms with van der Waals surface area (Å²) in [6, 6.07) is 9.13. The van der Waals surface area contributed by atoms with Crippen molar-refractivity contribution in [3.05, 3.63) is 92.8 Å². The van der Waals surface area contributed by atoms with E-state index in [9.17, 15) is 31.1 Å². The number of aryl methyl sites for hydroxylation is 1. The van der Waals surface area contributed by atoms with Gasteiger partial charge in [0.1, 0.15) is 0 Å². The monoisotopic (exact) mass is 467 g/mol. The first kappa shape index (κ1) is 22.8.